The molecule has 0 aliphatic carbocycles. The largest absolute Gasteiger partial charge is 0.480 e. The van der Waals surface area contributed by atoms with Crippen molar-refractivity contribution in [3.8, 4) is 0 Å². The van der Waals surface area contributed by atoms with Crippen molar-refractivity contribution in [1.82, 2.24) is 4.72 Å². The molecule has 0 unspecified atom stereocenters. The molecule has 2 rings (SSSR count). The minimum Gasteiger partial charge on any atom is -0.480 e. The number of nitrogens with one attached hydrogen (secondary N) is 1. The van der Waals surface area contributed by atoms with Gasteiger partial charge in [0.05, 0.1) is 3.79 Å². The van der Waals surface area contributed by atoms with Crippen molar-refractivity contribution < 1.29 is 18.3 Å². The number of hydrogen-bond acceptors (Lipinski definition) is 4. The summed E-state index contributed by atoms with van der Waals surface area (Å²) < 4.78 is 27.2. The van der Waals surface area contributed by atoms with Gasteiger partial charge in [-0.05, 0) is 39.7 Å². The average molecular weight is 411 g/mol. The average Bonchev–Trinajstić information content (AvgIpc) is 2.84. The molecule has 1 aromatic carbocycles. The van der Waals surface area contributed by atoms with Crippen molar-refractivity contribution in [2.45, 2.75) is 10.3 Å². The van der Waals surface area contributed by atoms with E-state index in [2.05, 4.69) is 20.7 Å². The first-order chi connectivity index (χ1) is 9.81. The van der Waals surface area contributed by atoms with Crippen LogP contribution in [0.15, 0.2) is 44.4 Å². The molecule has 5 nitrogen and oxygen atoms in total. The fourth-order valence-corrected chi connectivity index (χ4v) is 5.05. The number of aliphatic carboxylic acids is 1. The van der Waals surface area contributed by atoms with E-state index in [1.807, 2.05) is 0 Å². The molecule has 2 N–H and O–H groups in total. The first kappa shape index (κ1) is 16.4. The molecule has 9 heteroatoms. The van der Waals surface area contributed by atoms with Gasteiger partial charge in [0.15, 0.2) is 0 Å². The highest BCUT2D eigenvalue weighted by molar-refractivity contribution is 9.11. The molecule has 0 saturated heterocycles. The van der Waals surface area contributed by atoms with Crippen LogP contribution in [-0.4, -0.2) is 19.5 Å². The number of halogens is 2. The van der Waals surface area contributed by atoms with Gasteiger partial charge >= 0.3 is 5.97 Å². The van der Waals surface area contributed by atoms with Gasteiger partial charge in [-0.1, -0.05) is 29.8 Å². The first-order valence-electron chi connectivity index (χ1n) is 5.56. The van der Waals surface area contributed by atoms with Gasteiger partial charge in [0, 0.05) is 5.02 Å². The summed E-state index contributed by atoms with van der Waals surface area (Å²) >= 11 is 10.1. The summed E-state index contributed by atoms with van der Waals surface area (Å²) in [6.07, 6.45) is 0. The van der Waals surface area contributed by atoms with Gasteiger partial charge in [0.25, 0.3) is 10.0 Å². The van der Waals surface area contributed by atoms with Crippen LogP contribution in [0.25, 0.3) is 0 Å². The first-order valence-corrected chi connectivity index (χ1v) is 9.03. The van der Waals surface area contributed by atoms with Gasteiger partial charge in [-0.15, -0.1) is 11.3 Å². The molecule has 21 heavy (non-hydrogen) atoms. The molecular formula is C12H9BrClNO4S2. The molecule has 1 atom stereocenters. The Bertz CT molecular complexity index is 775. The Morgan fingerprint density at radius 1 is 1.29 bits per heavy atom. The van der Waals surface area contributed by atoms with Gasteiger partial charge in [-0.2, -0.15) is 4.72 Å². The minimum atomic E-state index is -3.95. The monoisotopic (exact) mass is 409 g/mol. The van der Waals surface area contributed by atoms with E-state index in [4.69, 9.17) is 11.6 Å². The zero-order chi connectivity index (χ0) is 15.6. The second-order valence-electron chi connectivity index (χ2n) is 3.97. The summed E-state index contributed by atoms with van der Waals surface area (Å²) in [4.78, 5) is 11.4. The van der Waals surface area contributed by atoms with Crippen LogP contribution >= 0.6 is 38.9 Å². The van der Waals surface area contributed by atoms with Crippen LogP contribution in [0.3, 0.4) is 0 Å². The van der Waals surface area contributed by atoms with E-state index < -0.39 is 22.0 Å². The normalized spacial score (nSPS) is 13.0. The second kappa shape index (κ2) is 6.45. The molecule has 0 aliphatic rings. The topological polar surface area (TPSA) is 83.5 Å². The number of carboxylic acids is 1. The van der Waals surface area contributed by atoms with E-state index >= 15 is 0 Å². The smallest absolute Gasteiger partial charge is 0.326 e. The van der Waals surface area contributed by atoms with E-state index in [0.29, 0.717) is 3.79 Å². The zero-order valence-corrected chi connectivity index (χ0v) is 14.3. The number of carbonyl (C=O) groups is 1. The lowest BCUT2D eigenvalue weighted by Gasteiger charge is -2.15. The molecule has 1 aromatic heterocycles. The van der Waals surface area contributed by atoms with Crippen LogP contribution in [-0.2, 0) is 14.8 Å². The molecule has 0 fully saturated rings. The number of hydrogen-bond donors (Lipinski definition) is 2. The molecule has 1 heterocycles. The van der Waals surface area contributed by atoms with Gasteiger partial charge in [-0.3, -0.25) is 4.79 Å². The third kappa shape index (κ3) is 3.83. The highest BCUT2D eigenvalue weighted by Gasteiger charge is 2.29. The molecule has 112 valence electrons. The number of thiophene rings is 1. The lowest BCUT2D eigenvalue weighted by molar-refractivity contribution is -0.139. The van der Waals surface area contributed by atoms with E-state index in [1.54, 1.807) is 18.2 Å². The van der Waals surface area contributed by atoms with Crippen LogP contribution in [0.5, 0.6) is 0 Å². The van der Waals surface area contributed by atoms with Crippen molar-refractivity contribution >= 4 is 54.9 Å². The Morgan fingerprint density at radius 2 is 1.95 bits per heavy atom. The van der Waals surface area contributed by atoms with Crippen molar-refractivity contribution in [3.05, 3.63) is 50.8 Å². The second-order valence-corrected chi connectivity index (χ2v) is 8.78. The van der Waals surface area contributed by atoms with Crippen molar-refractivity contribution in [2.24, 2.45) is 0 Å². The highest BCUT2D eigenvalue weighted by Crippen LogP contribution is 2.29. The molecule has 0 amide bonds. The number of benzene rings is 1. The maximum Gasteiger partial charge on any atom is 0.326 e. The molecule has 0 saturated carbocycles. The SMILES string of the molecule is O=C(O)[C@H](NS(=O)(=O)c1ccc(Br)s1)c1ccccc1Cl. The number of sulfonamides is 1. The summed E-state index contributed by atoms with van der Waals surface area (Å²) in [5, 5.41) is 9.46. The molecule has 0 aliphatic heterocycles. The Morgan fingerprint density at radius 3 is 2.48 bits per heavy atom. The number of rotatable bonds is 5. The molecule has 0 spiro atoms. The highest BCUT2D eigenvalue weighted by atomic mass is 79.9. The Balaban J connectivity index is 2.38. The quantitative estimate of drug-likeness (QED) is 0.792. The molecular weight excluding hydrogens is 402 g/mol. The summed E-state index contributed by atoms with van der Waals surface area (Å²) in [5.41, 5.74) is 0.186. The summed E-state index contributed by atoms with van der Waals surface area (Å²) in [6, 6.07) is 7.71. The van der Waals surface area contributed by atoms with Crippen LogP contribution in [0.1, 0.15) is 11.6 Å². The van der Waals surface area contributed by atoms with Crippen molar-refractivity contribution in [3.63, 3.8) is 0 Å². The Hall–Kier alpha value is -0.930. The van der Waals surface area contributed by atoms with Crippen LogP contribution in [0.4, 0.5) is 0 Å². The van der Waals surface area contributed by atoms with Crippen molar-refractivity contribution in [2.75, 3.05) is 0 Å². The zero-order valence-electron chi connectivity index (χ0n) is 10.3. The van der Waals surface area contributed by atoms with Crippen LogP contribution in [0.2, 0.25) is 5.02 Å². The maximum atomic E-state index is 12.2. The van der Waals surface area contributed by atoms with E-state index in [-0.39, 0.29) is 14.8 Å². The van der Waals surface area contributed by atoms with E-state index in [9.17, 15) is 18.3 Å². The maximum absolute atomic E-state index is 12.2. The lowest BCUT2D eigenvalue weighted by atomic mass is 10.1. The molecule has 0 radical (unpaired) electrons. The van der Waals surface area contributed by atoms with Gasteiger partial charge in [0.2, 0.25) is 0 Å². The standard InChI is InChI=1S/C12H9BrClNO4S2/c13-9-5-6-10(20-9)21(18,19)15-11(12(16)17)7-3-1-2-4-8(7)14/h1-6,11,15H,(H,16,17)/t11-/m1/s1. The summed E-state index contributed by atoms with van der Waals surface area (Å²) in [7, 11) is -3.95. The molecule has 0 bridgehead atoms. The third-order valence-corrected chi connectivity index (χ3v) is 6.43. The summed E-state index contributed by atoms with van der Waals surface area (Å²) in [6.45, 7) is 0. The third-order valence-electron chi connectivity index (χ3n) is 2.55. The lowest BCUT2D eigenvalue weighted by Crippen LogP contribution is -2.33. The minimum absolute atomic E-state index is 0.0210. The van der Waals surface area contributed by atoms with Crippen LogP contribution < -0.4 is 4.72 Å². The van der Waals surface area contributed by atoms with E-state index in [0.717, 1.165) is 11.3 Å². The Kier molecular flexibility index (Phi) is 5.05. The van der Waals surface area contributed by atoms with Gasteiger partial charge in [0.1, 0.15) is 10.3 Å². The predicted octanol–water partition coefficient (Wildman–Crippen LogP) is 3.27. The van der Waals surface area contributed by atoms with E-state index in [1.165, 1.54) is 18.2 Å². The fraction of sp³-hybridized carbons (Fsp3) is 0.0833. The van der Waals surface area contributed by atoms with Gasteiger partial charge < -0.3 is 5.11 Å². The molecule has 2 aromatic rings. The van der Waals surface area contributed by atoms with Crippen LogP contribution in [0, 0.1) is 0 Å². The Labute approximate surface area is 138 Å². The fourth-order valence-electron chi connectivity index (χ4n) is 1.61. The predicted molar refractivity (Wildman–Crippen MR) is 84.2 cm³/mol. The van der Waals surface area contributed by atoms with Crippen molar-refractivity contribution in [1.29, 1.82) is 0 Å². The summed E-state index contributed by atoms with van der Waals surface area (Å²) in [5.74, 6) is -1.33. The van der Waals surface area contributed by atoms with Gasteiger partial charge in [-0.25, -0.2) is 8.42 Å². The number of carboxylic acid groups (broad SMARTS) is 1.